The van der Waals surface area contributed by atoms with Crippen LogP contribution in [0.2, 0.25) is 0 Å². The number of aromatic nitrogens is 1. The Hall–Kier alpha value is -7.56. The van der Waals surface area contributed by atoms with Gasteiger partial charge in [0.25, 0.3) is 5.01 Å². The van der Waals surface area contributed by atoms with Crippen molar-refractivity contribution in [2.75, 3.05) is 11.6 Å². The van der Waals surface area contributed by atoms with Crippen molar-refractivity contribution >= 4 is 87.2 Å². The first-order valence-corrected chi connectivity index (χ1v) is 24.1. The molecule has 9 aromatic rings. The topological polar surface area (TPSA) is 82.8 Å². The van der Waals surface area contributed by atoms with Crippen molar-refractivity contribution in [1.29, 1.82) is 0 Å². The van der Waals surface area contributed by atoms with E-state index in [1.54, 1.807) is 23.5 Å². The van der Waals surface area contributed by atoms with Gasteiger partial charge in [0.15, 0.2) is 6.73 Å². The third kappa shape index (κ3) is 9.71. The number of aryl methyl sites for hydroxylation is 3. The molecule has 0 spiro atoms. The first-order chi connectivity index (χ1) is 32.4. The van der Waals surface area contributed by atoms with Crippen LogP contribution < -0.4 is 18.9 Å². The second kappa shape index (κ2) is 19.1. The van der Waals surface area contributed by atoms with E-state index >= 15 is 0 Å². The predicted octanol–water partition coefficient (Wildman–Crippen LogP) is 14.1. The summed E-state index contributed by atoms with van der Waals surface area (Å²) in [4.78, 5) is 2.01. The van der Waals surface area contributed by atoms with Crippen LogP contribution in [0.5, 0.6) is 11.5 Å². The number of thiazole rings is 1. The molecule has 0 aliphatic carbocycles. The summed E-state index contributed by atoms with van der Waals surface area (Å²) < 4.78 is 47.5. The normalized spacial score (nSPS) is 13.4. The number of hydrogen-bond acceptors (Lipinski definition) is 7. The average molecular weight is 917 g/mol. The van der Waals surface area contributed by atoms with Gasteiger partial charge >= 0.3 is 5.88 Å². The van der Waals surface area contributed by atoms with Crippen LogP contribution in [0.15, 0.2) is 205 Å². The SMILES string of the molecule is C=C(Oc1cccc2ccccc12)[n+]1c(/C=C/C(C)=C/C=C2\C=CN(COc3cccc4ccccc34)c3cc(C)c(C)cc32)sc2c3ccccc3ccc21.Cc1ccc(S(=O)(=O)[O-])cc1. The zero-order valence-electron chi connectivity index (χ0n) is 37.6. The van der Waals surface area contributed by atoms with Crippen LogP contribution in [0.4, 0.5) is 5.69 Å². The number of ether oxygens (including phenoxy) is 2. The number of benzene rings is 8. The molecule has 1 aliphatic heterocycles. The highest BCUT2D eigenvalue weighted by molar-refractivity contribution is 7.85. The van der Waals surface area contributed by atoms with E-state index in [2.05, 4.69) is 170 Å². The van der Waals surface area contributed by atoms with Gasteiger partial charge in [-0.3, -0.25) is 0 Å². The number of anilines is 1. The molecule has 10 rings (SSSR count). The maximum atomic E-state index is 10.4. The van der Waals surface area contributed by atoms with Gasteiger partial charge in [-0.05, 0) is 109 Å². The third-order valence-electron chi connectivity index (χ3n) is 11.9. The fourth-order valence-electron chi connectivity index (χ4n) is 8.12. The van der Waals surface area contributed by atoms with Crippen molar-refractivity contribution in [3.8, 4) is 11.5 Å². The van der Waals surface area contributed by atoms with E-state index in [-0.39, 0.29) is 4.90 Å². The van der Waals surface area contributed by atoms with Gasteiger partial charge in [0.1, 0.15) is 26.3 Å². The lowest BCUT2D eigenvalue weighted by atomic mass is 9.95. The predicted molar refractivity (Wildman–Crippen MR) is 276 cm³/mol. The lowest BCUT2D eigenvalue weighted by molar-refractivity contribution is -0.565. The lowest BCUT2D eigenvalue weighted by Gasteiger charge is -2.29. The Kier molecular flexibility index (Phi) is 12.7. The van der Waals surface area contributed by atoms with Gasteiger partial charge in [0, 0.05) is 46.6 Å². The van der Waals surface area contributed by atoms with Gasteiger partial charge < -0.3 is 18.9 Å². The Labute approximate surface area is 395 Å². The minimum Gasteiger partial charge on any atom is -0.744 e. The van der Waals surface area contributed by atoms with E-state index in [1.165, 1.54) is 49.7 Å². The first-order valence-electron chi connectivity index (χ1n) is 21.9. The fraction of sp³-hybridized carbons (Fsp3) is 0.0862. The Bertz CT molecular complexity index is 3590. The minimum atomic E-state index is -4.27. The second-order valence-corrected chi connectivity index (χ2v) is 18.9. The lowest BCUT2D eigenvalue weighted by Crippen LogP contribution is -2.35. The van der Waals surface area contributed by atoms with Crippen molar-refractivity contribution < 1.29 is 27.0 Å². The van der Waals surface area contributed by atoms with E-state index in [4.69, 9.17) is 9.47 Å². The third-order valence-corrected chi connectivity index (χ3v) is 13.9. The van der Waals surface area contributed by atoms with Gasteiger partial charge in [-0.2, -0.15) is 0 Å². The highest BCUT2D eigenvalue weighted by Crippen LogP contribution is 2.37. The van der Waals surface area contributed by atoms with Gasteiger partial charge in [0.05, 0.1) is 10.6 Å². The summed E-state index contributed by atoms with van der Waals surface area (Å²) >= 11 is 1.75. The molecule has 0 atom stereocenters. The molecular weight excluding hydrogens is 869 g/mol. The molecule has 9 heteroatoms. The largest absolute Gasteiger partial charge is 0.744 e. The van der Waals surface area contributed by atoms with E-state index < -0.39 is 10.1 Å². The van der Waals surface area contributed by atoms with E-state index in [0.717, 1.165) is 60.6 Å². The van der Waals surface area contributed by atoms with Crippen LogP contribution in [0.3, 0.4) is 0 Å². The standard InChI is InChI=1S/C51H41N2O2S.C7H8O3S/c1-34(23-25-41-29-30-52(47-32-36(3)35(2)31-45(41)47)33-54-48-21-11-16-38-13-5-8-18-42(38)48)24-28-50-53(46-27-26-40-15-7-10-20-44(40)51(46)56-50)37(4)55-49-22-12-17-39-14-6-9-19-43(39)49;1-6-2-4-7(5-3-6)11(8,9)10/h5-32H,4,33H2,1-3H3;2-5H,1H3,(H,8,9,10)/q+1;/p-1. The Morgan fingerprint density at radius 3 is 2.01 bits per heavy atom. The van der Waals surface area contributed by atoms with Crippen LogP contribution in [-0.2, 0) is 10.1 Å². The van der Waals surface area contributed by atoms with Crippen LogP contribution >= 0.6 is 11.3 Å². The Balaban J connectivity index is 0.000000451. The molecule has 1 aromatic heterocycles. The molecule has 67 heavy (non-hydrogen) atoms. The molecular formula is C58H48N2O5S2. The minimum absolute atomic E-state index is 0.178. The molecule has 0 bridgehead atoms. The molecule has 0 fully saturated rings. The summed E-state index contributed by atoms with van der Waals surface area (Å²) in [5.41, 5.74) is 9.08. The molecule has 0 N–H and O–H groups in total. The molecule has 0 radical (unpaired) electrons. The Morgan fingerprint density at radius 1 is 0.731 bits per heavy atom. The highest BCUT2D eigenvalue weighted by Gasteiger charge is 2.26. The molecule has 0 amide bonds. The quantitative estimate of drug-likeness (QED) is 0.0588. The summed E-state index contributed by atoms with van der Waals surface area (Å²) in [6, 6.07) is 52.2. The number of hydrogen-bond donors (Lipinski definition) is 0. The molecule has 0 unspecified atom stereocenters. The number of nitrogens with zero attached hydrogens (tertiary/aromatic N) is 2. The van der Waals surface area contributed by atoms with Crippen molar-refractivity contribution in [3.63, 3.8) is 0 Å². The highest BCUT2D eigenvalue weighted by atomic mass is 32.2. The van der Waals surface area contributed by atoms with Crippen LogP contribution in [0.25, 0.3) is 60.1 Å². The molecule has 0 saturated carbocycles. The first kappa shape index (κ1) is 44.6. The van der Waals surface area contributed by atoms with Crippen LogP contribution in [0.1, 0.15) is 34.2 Å². The monoisotopic (exact) mass is 916 g/mol. The zero-order chi connectivity index (χ0) is 46.7. The van der Waals surface area contributed by atoms with Gasteiger partial charge in [0.2, 0.25) is 5.52 Å². The van der Waals surface area contributed by atoms with Crippen LogP contribution in [0, 0.1) is 20.8 Å². The number of allylic oxidation sites excluding steroid dienone is 6. The fourth-order valence-corrected chi connectivity index (χ4v) is 9.79. The summed E-state index contributed by atoms with van der Waals surface area (Å²) in [5.74, 6) is 2.21. The zero-order valence-corrected chi connectivity index (χ0v) is 39.3. The number of fused-ring (bicyclic) bond motifs is 6. The number of rotatable bonds is 10. The van der Waals surface area contributed by atoms with E-state index in [1.807, 2.05) is 43.3 Å². The molecule has 8 aromatic carbocycles. The summed E-state index contributed by atoms with van der Waals surface area (Å²) in [6.45, 7) is 13.2. The summed E-state index contributed by atoms with van der Waals surface area (Å²) in [7, 11) is -4.27. The summed E-state index contributed by atoms with van der Waals surface area (Å²) in [5, 5.41) is 7.90. The van der Waals surface area contributed by atoms with E-state index in [9.17, 15) is 13.0 Å². The second-order valence-electron chi connectivity index (χ2n) is 16.5. The van der Waals surface area contributed by atoms with Crippen molar-refractivity contribution in [2.24, 2.45) is 0 Å². The molecule has 7 nitrogen and oxygen atoms in total. The van der Waals surface area contributed by atoms with Crippen molar-refractivity contribution in [1.82, 2.24) is 0 Å². The maximum absolute atomic E-state index is 10.4. The molecule has 1 aliphatic rings. The molecule has 332 valence electrons. The van der Waals surface area contributed by atoms with Gasteiger partial charge in [-0.25, -0.2) is 8.42 Å². The smallest absolute Gasteiger partial charge is 0.373 e. The van der Waals surface area contributed by atoms with E-state index in [0.29, 0.717) is 12.6 Å². The Morgan fingerprint density at radius 2 is 1.33 bits per heavy atom. The average Bonchev–Trinajstić information content (AvgIpc) is 3.72. The maximum Gasteiger partial charge on any atom is 0.373 e. The molecule has 0 saturated heterocycles. The summed E-state index contributed by atoms with van der Waals surface area (Å²) in [6.07, 6.45) is 13.0. The van der Waals surface area contributed by atoms with Gasteiger partial charge in [-0.1, -0.05) is 150 Å². The molecule has 2 heterocycles. The van der Waals surface area contributed by atoms with Gasteiger partial charge in [-0.15, -0.1) is 4.57 Å². The van der Waals surface area contributed by atoms with Crippen LogP contribution in [-0.4, -0.2) is 19.7 Å². The van der Waals surface area contributed by atoms with Crippen molar-refractivity contribution in [3.05, 3.63) is 228 Å². The van der Waals surface area contributed by atoms with Crippen molar-refractivity contribution in [2.45, 2.75) is 32.6 Å².